The molecule has 150 valence electrons. The topological polar surface area (TPSA) is 94.0 Å². The van der Waals surface area contributed by atoms with Crippen molar-refractivity contribution in [2.45, 2.75) is 46.0 Å². The molecule has 8 heteroatoms. The van der Waals surface area contributed by atoms with Crippen LogP contribution in [0.2, 0.25) is 0 Å². The number of aryl methyl sites for hydroxylation is 1. The molecule has 0 unspecified atom stereocenters. The van der Waals surface area contributed by atoms with Gasteiger partial charge in [-0.1, -0.05) is 11.6 Å². The van der Waals surface area contributed by atoms with Crippen molar-refractivity contribution < 1.29 is 18.6 Å². The second-order valence-corrected chi connectivity index (χ2v) is 9.97. The van der Waals surface area contributed by atoms with Crippen LogP contribution in [0.25, 0.3) is 0 Å². The van der Waals surface area contributed by atoms with Crippen molar-refractivity contribution in [3.8, 4) is 5.75 Å². The van der Waals surface area contributed by atoms with Crippen molar-refractivity contribution in [3.05, 3.63) is 34.7 Å². The number of sulfone groups is 1. The Labute approximate surface area is 161 Å². The number of aliphatic hydroxyl groups excluding tert-OH is 1. The third-order valence-corrected chi connectivity index (χ3v) is 7.30. The molecule has 0 radical (unpaired) electrons. The standard InChI is InChI=1S/C19H29N3O4S/c1-13(2)4-5-21-6-7-22(18-12-27(25,26)11-17(18)21)9-16-15(10-23)8-20-14(3)19(16)24/h4,8,17-18,23-24H,5-7,9-12H2,1-3H3/t17-,18+/m1/s1. The fraction of sp³-hybridized carbons (Fsp3) is 0.632. The van der Waals surface area contributed by atoms with Crippen LogP contribution in [0.15, 0.2) is 17.8 Å². The van der Waals surface area contributed by atoms with Gasteiger partial charge >= 0.3 is 0 Å². The summed E-state index contributed by atoms with van der Waals surface area (Å²) in [6, 6.07) is -0.143. The summed E-state index contributed by atoms with van der Waals surface area (Å²) in [6.07, 6.45) is 3.72. The largest absolute Gasteiger partial charge is 0.506 e. The number of nitrogens with zero attached hydrogens (tertiary/aromatic N) is 3. The molecule has 0 spiro atoms. The first-order valence-corrected chi connectivity index (χ1v) is 11.1. The Morgan fingerprint density at radius 3 is 2.52 bits per heavy atom. The molecule has 0 aliphatic carbocycles. The smallest absolute Gasteiger partial charge is 0.153 e. The number of allylic oxidation sites excluding steroid dienone is 1. The molecule has 3 heterocycles. The zero-order valence-electron chi connectivity index (χ0n) is 16.2. The van der Waals surface area contributed by atoms with E-state index in [4.69, 9.17) is 0 Å². The first-order valence-electron chi connectivity index (χ1n) is 9.31. The molecule has 2 saturated heterocycles. The number of hydrogen-bond donors (Lipinski definition) is 2. The van der Waals surface area contributed by atoms with E-state index in [-0.39, 0.29) is 35.9 Å². The summed E-state index contributed by atoms with van der Waals surface area (Å²) in [5.41, 5.74) is 2.97. The summed E-state index contributed by atoms with van der Waals surface area (Å²) in [7, 11) is -3.09. The number of piperazine rings is 1. The third-order valence-electron chi connectivity index (χ3n) is 5.60. The van der Waals surface area contributed by atoms with Crippen LogP contribution >= 0.6 is 0 Å². The van der Waals surface area contributed by atoms with Gasteiger partial charge in [-0.05, 0) is 20.8 Å². The molecular formula is C19H29N3O4S. The van der Waals surface area contributed by atoms with Crippen molar-refractivity contribution in [2.24, 2.45) is 0 Å². The van der Waals surface area contributed by atoms with Gasteiger partial charge in [-0.15, -0.1) is 0 Å². The van der Waals surface area contributed by atoms with E-state index in [1.54, 1.807) is 13.1 Å². The molecule has 0 amide bonds. The maximum absolute atomic E-state index is 12.4. The second-order valence-electron chi connectivity index (χ2n) is 7.81. The molecule has 0 aromatic carbocycles. The maximum Gasteiger partial charge on any atom is 0.153 e. The van der Waals surface area contributed by atoms with Crippen LogP contribution < -0.4 is 0 Å². The minimum atomic E-state index is -3.09. The van der Waals surface area contributed by atoms with Gasteiger partial charge in [0.2, 0.25) is 0 Å². The summed E-state index contributed by atoms with van der Waals surface area (Å²) in [5.74, 6) is 0.410. The highest BCUT2D eigenvalue weighted by Gasteiger charge is 2.46. The molecule has 27 heavy (non-hydrogen) atoms. The van der Waals surface area contributed by atoms with Gasteiger partial charge in [0, 0.05) is 55.6 Å². The van der Waals surface area contributed by atoms with Gasteiger partial charge < -0.3 is 10.2 Å². The minimum Gasteiger partial charge on any atom is -0.506 e. The lowest BCUT2D eigenvalue weighted by Crippen LogP contribution is -2.58. The van der Waals surface area contributed by atoms with Crippen LogP contribution in [-0.2, 0) is 23.0 Å². The molecule has 1 aromatic heterocycles. The van der Waals surface area contributed by atoms with Crippen LogP contribution in [0.4, 0.5) is 0 Å². The van der Waals surface area contributed by atoms with E-state index < -0.39 is 9.84 Å². The summed E-state index contributed by atoms with van der Waals surface area (Å²) < 4.78 is 24.7. The highest BCUT2D eigenvalue weighted by atomic mass is 32.2. The van der Waals surface area contributed by atoms with E-state index in [1.165, 1.54) is 5.57 Å². The van der Waals surface area contributed by atoms with Gasteiger partial charge in [-0.25, -0.2) is 8.42 Å². The van der Waals surface area contributed by atoms with E-state index in [2.05, 4.69) is 20.9 Å². The van der Waals surface area contributed by atoms with E-state index >= 15 is 0 Å². The minimum absolute atomic E-state index is 0.0398. The summed E-state index contributed by atoms with van der Waals surface area (Å²) in [5, 5.41) is 20.1. The molecule has 7 nitrogen and oxygen atoms in total. The molecule has 1 aromatic rings. The monoisotopic (exact) mass is 395 g/mol. The van der Waals surface area contributed by atoms with Crippen molar-refractivity contribution in [3.63, 3.8) is 0 Å². The Balaban J connectivity index is 1.86. The predicted octanol–water partition coefficient (Wildman–Crippen LogP) is 0.837. The number of fused-ring (bicyclic) bond motifs is 1. The first kappa shape index (κ1) is 20.3. The van der Waals surface area contributed by atoms with Crippen molar-refractivity contribution >= 4 is 9.84 Å². The molecule has 2 atom stereocenters. The van der Waals surface area contributed by atoms with Gasteiger partial charge in [0.1, 0.15) is 5.75 Å². The molecule has 2 aliphatic rings. The third kappa shape index (κ3) is 4.34. The van der Waals surface area contributed by atoms with Crippen LogP contribution in [-0.4, -0.2) is 76.6 Å². The van der Waals surface area contributed by atoms with Crippen molar-refractivity contribution in [1.82, 2.24) is 14.8 Å². The van der Waals surface area contributed by atoms with Gasteiger partial charge in [0.15, 0.2) is 9.84 Å². The van der Waals surface area contributed by atoms with Crippen molar-refractivity contribution in [1.29, 1.82) is 0 Å². The first-order chi connectivity index (χ1) is 12.7. The van der Waals surface area contributed by atoms with Gasteiger partial charge in [-0.2, -0.15) is 0 Å². The van der Waals surface area contributed by atoms with Crippen molar-refractivity contribution in [2.75, 3.05) is 31.1 Å². The van der Waals surface area contributed by atoms with E-state index in [9.17, 15) is 18.6 Å². The highest BCUT2D eigenvalue weighted by molar-refractivity contribution is 7.91. The van der Waals surface area contributed by atoms with Crippen LogP contribution in [0.5, 0.6) is 5.75 Å². The number of rotatable bonds is 5. The quantitative estimate of drug-likeness (QED) is 0.714. The van der Waals surface area contributed by atoms with Gasteiger partial charge in [0.05, 0.1) is 23.8 Å². The summed E-state index contributed by atoms with van der Waals surface area (Å²) in [4.78, 5) is 8.50. The Morgan fingerprint density at radius 1 is 1.26 bits per heavy atom. The van der Waals surface area contributed by atoms with Crippen LogP contribution in [0.1, 0.15) is 30.7 Å². The lowest BCUT2D eigenvalue weighted by Gasteiger charge is -2.44. The van der Waals surface area contributed by atoms with E-state index in [0.29, 0.717) is 23.4 Å². The Bertz CT molecular complexity index is 834. The van der Waals surface area contributed by atoms with Crippen LogP contribution in [0, 0.1) is 6.92 Å². The molecule has 2 aliphatic heterocycles. The molecule has 2 N–H and O–H groups in total. The van der Waals surface area contributed by atoms with E-state index in [1.807, 2.05) is 13.8 Å². The molecule has 3 rings (SSSR count). The average Bonchev–Trinajstić information content (AvgIpc) is 2.93. The number of aromatic nitrogens is 1. The number of hydrogen-bond acceptors (Lipinski definition) is 7. The number of aromatic hydroxyl groups is 1. The lowest BCUT2D eigenvalue weighted by atomic mass is 10.0. The van der Waals surface area contributed by atoms with Gasteiger partial charge in [0.25, 0.3) is 0 Å². The fourth-order valence-electron chi connectivity index (χ4n) is 4.02. The zero-order valence-corrected chi connectivity index (χ0v) is 17.0. The molecular weight excluding hydrogens is 366 g/mol. The van der Waals surface area contributed by atoms with Crippen LogP contribution in [0.3, 0.4) is 0 Å². The van der Waals surface area contributed by atoms with E-state index in [0.717, 1.165) is 19.6 Å². The Hall–Kier alpha value is -1.48. The lowest BCUT2D eigenvalue weighted by molar-refractivity contribution is 0.0469. The zero-order chi connectivity index (χ0) is 19.8. The molecule has 0 bridgehead atoms. The fourth-order valence-corrected chi connectivity index (χ4v) is 6.06. The highest BCUT2D eigenvalue weighted by Crippen LogP contribution is 2.31. The predicted molar refractivity (Wildman–Crippen MR) is 104 cm³/mol. The average molecular weight is 396 g/mol. The molecule has 0 saturated carbocycles. The summed E-state index contributed by atoms with van der Waals surface area (Å²) >= 11 is 0. The van der Waals surface area contributed by atoms with Gasteiger partial charge in [-0.3, -0.25) is 14.8 Å². The number of aliphatic hydroxyl groups is 1. The second kappa shape index (κ2) is 7.87. The Morgan fingerprint density at radius 2 is 1.89 bits per heavy atom. The summed E-state index contributed by atoms with van der Waals surface area (Å²) in [6.45, 7) is 8.28. The molecule has 2 fully saturated rings. The maximum atomic E-state index is 12.4. The normalized spacial score (nSPS) is 25.3. The Kier molecular flexibility index (Phi) is 5.90. The SMILES string of the molecule is CC(C)=CCN1CCN(Cc2c(CO)cnc(C)c2O)[C@H]2CS(=O)(=O)C[C@H]21. The number of pyridine rings is 1.